The lowest BCUT2D eigenvalue weighted by molar-refractivity contribution is -0.870. The molecule has 0 saturated heterocycles. The van der Waals surface area contributed by atoms with E-state index < -0.39 is 26.6 Å². The van der Waals surface area contributed by atoms with Gasteiger partial charge < -0.3 is 28.8 Å². The highest BCUT2D eigenvalue weighted by atomic mass is 31.2. The van der Waals surface area contributed by atoms with Gasteiger partial charge in [0, 0.05) is 6.42 Å². The van der Waals surface area contributed by atoms with Crippen molar-refractivity contribution in [1.29, 1.82) is 0 Å². The summed E-state index contributed by atoms with van der Waals surface area (Å²) in [7, 11) is 1.25. The first-order valence-corrected chi connectivity index (χ1v) is 34.0. The maximum Gasteiger partial charge on any atom is 0.268 e. The van der Waals surface area contributed by atoms with Crippen molar-refractivity contribution in [3.8, 4) is 0 Å². The van der Waals surface area contributed by atoms with Gasteiger partial charge in [-0.25, -0.2) is 0 Å². The molecule has 3 unspecified atom stereocenters. The smallest absolute Gasteiger partial charge is 0.268 e. The van der Waals surface area contributed by atoms with Crippen molar-refractivity contribution in [3.05, 3.63) is 48.6 Å². The number of nitrogens with zero attached hydrogens (tertiary/aromatic N) is 1. The standard InChI is InChI=1S/C66H127N2O6P/c1-6-8-10-12-14-16-18-20-22-23-24-25-26-27-28-29-30-31-32-33-34-35-36-37-38-39-40-41-42-43-44-45-46-48-50-52-54-56-58-60-66(70)67-64(63-74-75(71,72)73-62-61-68(3,4)5)65(69)59-57-55-53-51-49-47-21-19-17-15-13-11-9-7-2/h30-31,33-34,49,51,57,59,64-65,69H,6-29,32,35-48,50,52-56,58,60-63H2,1-5H3,(H-,67,70,71,72)/b31-30-,34-33-,51-49+,59-57+. The summed E-state index contributed by atoms with van der Waals surface area (Å²) in [6, 6.07) is -0.903. The predicted octanol–water partition coefficient (Wildman–Crippen LogP) is 19.6. The van der Waals surface area contributed by atoms with Crippen LogP contribution in [0, 0.1) is 0 Å². The molecule has 75 heavy (non-hydrogen) atoms. The number of rotatable bonds is 60. The highest BCUT2D eigenvalue weighted by molar-refractivity contribution is 7.45. The fourth-order valence-corrected chi connectivity index (χ4v) is 10.4. The zero-order chi connectivity index (χ0) is 54.9. The first kappa shape index (κ1) is 73.5. The second-order valence-corrected chi connectivity index (χ2v) is 24.9. The molecule has 0 aromatic carbocycles. The Labute approximate surface area is 467 Å². The molecule has 9 heteroatoms. The van der Waals surface area contributed by atoms with Gasteiger partial charge in [-0.15, -0.1) is 0 Å². The number of hydrogen-bond donors (Lipinski definition) is 2. The SMILES string of the molecule is CCCCCCCCCC/C=C/CC/C=C/C(O)C(COP(=O)([O-])OCC[N+](C)(C)C)NC(=O)CCCCCCCCCCCCCCCCCCC/C=C\C/C=C\CCCCCCCCCCCCCCCCC. The Hall–Kier alpha value is -1.54. The summed E-state index contributed by atoms with van der Waals surface area (Å²) in [5, 5.41) is 13.8. The van der Waals surface area contributed by atoms with Crippen LogP contribution < -0.4 is 10.2 Å². The average Bonchev–Trinajstić information content (AvgIpc) is 3.37. The lowest BCUT2D eigenvalue weighted by Gasteiger charge is -2.29. The van der Waals surface area contributed by atoms with E-state index in [0.29, 0.717) is 17.4 Å². The summed E-state index contributed by atoms with van der Waals surface area (Å²) < 4.78 is 23.3. The van der Waals surface area contributed by atoms with Gasteiger partial charge in [-0.1, -0.05) is 294 Å². The third-order valence-electron chi connectivity index (χ3n) is 14.8. The van der Waals surface area contributed by atoms with E-state index in [9.17, 15) is 19.4 Å². The molecule has 3 atom stereocenters. The van der Waals surface area contributed by atoms with Crippen molar-refractivity contribution in [3.63, 3.8) is 0 Å². The maximum atomic E-state index is 13.0. The Morgan fingerprint density at radius 3 is 1.16 bits per heavy atom. The molecule has 2 N–H and O–H groups in total. The van der Waals surface area contributed by atoms with E-state index in [2.05, 4.69) is 55.6 Å². The van der Waals surface area contributed by atoms with Crippen LogP contribution in [0.4, 0.5) is 0 Å². The molecular formula is C66H127N2O6P. The lowest BCUT2D eigenvalue weighted by Crippen LogP contribution is -2.45. The number of nitrogens with one attached hydrogen (secondary N) is 1. The van der Waals surface area contributed by atoms with Crippen LogP contribution in [0.2, 0.25) is 0 Å². The lowest BCUT2D eigenvalue weighted by atomic mass is 10.0. The van der Waals surface area contributed by atoms with Crippen LogP contribution in [-0.4, -0.2) is 68.5 Å². The van der Waals surface area contributed by atoms with Gasteiger partial charge in [-0.3, -0.25) is 9.36 Å². The van der Waals surface area contributed by atoms with E-state index >= 15 is 0 Å². The van der Waals surface area contributed by atoms with Crippen molar-refractivity contribution in [2.24, 2.45) is 0 Å². The van der Waals surface area contributed by atoms with Crippen molar-refractivity contribution in [2.75, 3.05) is 40.9 Å². The van der Waals surface area contributed by atoms with Crippen molar-refractivity contribution in [1.82, 2.24) is 5.32 Å². The van der Waals surface area contributed by atoms with Crippen LogP contribution in [0.1, 0.15) is 316 Å². The van der Waals surface area contributed by atoms with Crippen molar-refractivity contribution < 1.29 is 32.9 Å². The number of carbonyl (C=O) groups excluding carboxylic acids is 1. The maximum absolute atomic E-state index is 13.0. The number of carbonyl (C=O) groups is 1. The highest BCUT2D eigenvalue weighted by Crippen LogP contribution is 2.38. The molecule has 0 aliphatic rings. The quantitative estimate of drug-likeness (QED) is 0.0272. The van der Waals surface area contributed by atoms with Crippen LogP contribution >= 0.6 is 7.82 Å². The van der Waals surface area contributed by atoms with Gasteiger partial charge in [0.2, 0.25) is 5.91 Å². The van der Waals surface area contributed by atoms with Crippen molar-refractivity contribution >= 4 is 13.7 Å². The number of aliphatic hydroxyl groups excluding tert-OH is 1. The Bertz CT molecular complexity index is 1360. The van der Waals surface area contributed by atoms with E-state index in [1.807, 2.05) is 27.2 Å². The van der Waals surface area contributed by atoms with Gasteiger partial charge in [0.25, 0.3) is 7.82 Å². The summed E-state index contributed by atoms with van der Waals surface area (Å²) in [5.74, 6) is -0.205. The second-order valence-electron chi connectivity index (χ2n) is 23.5. The average molecular weight is 1080 g/mol. The Morgan fingerprint density at radius 2 is 0.787 bits per heavy atom. The molecule has 0 radical (unpaired) electrons. The van der Waals surface area contributed by atoms with Gasteiger partial charge in [0.15, 0.2) is 0 Å². The van der Waals surface area contributed by atoms with Crippen LogP contribution in [0.25, 0.3) is 0 Å². The Kier molecular flexibility index (Phi) is 56.0. The number of quaternary nitrogens is 1. The molecule has 0 saturated carbocycles. The number of aliphatic hydroxyl groups is 1. The summed E-state index contributed by atoms with van der Waals surface area (Å²) in [4.78, 5) is 25.5. The number of likely N-dealkylation sites (N-methyl/N-ethyl adjacent to an activating group) is 1. The topological polar surface area (TPSA) is 108 Å². The van der Waals surface area contributed by atoms with E-state index in [4.69, 9.17) is 9.05 Å². The fraction of sp³-hybridized carbons (Fsp3) is 0.864. The Morgan fingerprint density at radius 1 is 0.467 bits per heavy atom. The van der Waals surface area contributed by atoms with E-state index in [-0.39, 0.29) is 12.5 Å². The van der Waals surface area contributed by atoms with Crippen LogP contribution in [-0.2, 0) is 18.4 Å². The predicted molar refractivity (Wildman–Crippen MR) is 325 cm³/mol. The molecule has 0 bridgehead atoms. The molecule has 442 valence electrons. The van der Waals surface area contributed by atoms with Gasteiger partial charge in [0.05, 0.1) is 39.9 Å². The number of unbranched alkanes of at least 4 members (excludes halogenated alkanes) is 41. The molecule has 0 aliphatic heterocycles. The van der Waals surface area contributed by atoms with Crippen LogP contribution in [0.15, 0.2) is 48.6 Å². The summed E-state index contributed by atoms with van der Waals surface area (Å²) in [6.45, 7) is 4.65. The number of phosphoric acid groups is 1. The van der Waals surface area contributed by atoms with E-state index in [1.54, 1.807) is 6.08 Å². The molecule has 0 fully saturated rings. The molecule has 0 heterocycles. The molecule has 0 aromatic rings. The summed E-state index contributed by atoms with van der Waals surface area (Å²) >= 11 is 0. The van der Waals surface area contributed by atoms with Crippen molar-refractivity contribution in [2.45, 2.75) is 328 Å². The minimum Gasteiger partial charge on any atom is -0.756 e. The van der Waals surface area contributed by atoms with Gasteiger partial charge in [0.1, 0.15) is 13.2 Å². The molecule has 0 aliphatic carbocycles. The molecular weight excluding hydrogens is 948 g/mol. The largest absolute Gasteiger partial charge is 0.756 e. The second kappa shape index (κ2) is 57.2. The van der Waals surface area contributed by atoms with Gasteiger partial charge in [-0.05, 0) is 64.2 Å². The monoisotopic (exact) mass is 1070 g/mol. The summed E-state index contributed by atoms with van der Waals surface area (Å²) in [5.41, 5.74) is 0. The van der Waals surface area contributed by atoms with E-state index in [0.717, 1.165) is 44.9 Å². The van der Waals surface area contributed by atoms with E-state index in [1.165, 1.54) is 250 Å². The molecule has 8 nitrogen and oxygen atoms in total. The molecule has 0 aromatic heterocycles. The van der Waals surface area contributed by atoms with Gasteiger partial charge >= 0.3 is 0 Å². The molecule has 1 amide bonds. The zero-order valence-corrected chi connectivity index (χ0v) is 51.4. The fourth-order valence-electron chi connectivity index (χ4n) is 9.67. The summed E-state index contributed by atoms with van der Waals surface area (Å²) in [6.07, 6.45) is 76.7. The number of amides is 1. The normalized spacial score (nSPS) is 14.1. The highest BCUT2D eigenvalue weighted by Gasteiger charge is 2.23. The minimum atomic E-state index is -4.60. The number of phosphoric ester groups is 1. The Balaban J connectivity index is 3.93. The minimum absolute atomic E-state index is 0.00610. The zero-order valence-electron chi connectivity index (χ0n) is 50.5. The number of hydrogen-bond acceptors (Lipinski definition) is 6. The van der Waals surface area contributed by atoms with Crippen LogP contribution in [0.5, 0.6) is 0 Å². The van der Waals surface area contributed by atoms with Crippen LogP contribution in [0.3, 0.4) is 0 Å². The van der Waals surface area contributed by atoms with Gasteiger partial charge in [-0.2, -0.15) is 0 Å². The molecule has 0 rings (SSSR count). The number of allylic oxidation sites excluding steroid dienone is 7. The molecule has 0 spiro atoms. The third-order valence-corrected chi connectivity index (χ3v) is 15.7. The third kappa shape index (κ3) is 60.0. The first-order valence-electron chi connectivity index (χ1n) is 32.5. The first-order chi connectivity index (χ1) is 36.5.